The van der Waals surface area contributed by atoms with Crippen molar-refractivity contribution in [3.63, 3.8) is 0 Å². The van der Waals surface area contributed by atoms with Crippen LogP contribution in [0.5, 0.6) is 0 Å². The molecular weight excluding hydrogens is 515 g/mol. The van der Waals surface area contributed by atoms with E-state index in [1.807, 2.05) is 25.7 Å². The Morgan fingerprint density at radius 1 is 1.05 bits per heavy atom. The summed E-state index contributed by atoms with van der Waals surface area (Å²) in [5.41, 5.74) is 0.701. The summed E-state index contributed by atoms with van der Waals surface area (Å²) in [6.07, 6.45) is 9.07. The van der Waals surface area contributed by atoms with E-state index in [4.69, 9.17) is 4.74 Å². The Kier molecular flexibility index (Phi) is 7.64. The standard InChI is InChI=1S/C29H33FN6O4/c1-29(2,3)40-28(39)35-12-9-22(10-13-35)36(21-5-6-21)27(38)19-15-32-25(33-16-19)18-4-7-23(24(30)14-18)26(37)34-20-8-11-31-17-20/h4,7-8,11,14-16,21-22H,5-6,9-10,12-13,17H2,1-3H3,(H,34,37). The number of likely N-dealkylation sites (tertiary alicyclic amines) is 1. The van der Waals surface area contributed by atoms with Gasteiger partial charge >= 0.3 is 6.09 Å². The molecule has 210 valence electrons. The van der Waals surface area contributed by atoms with E-state index in [0.717, 1.165) is 12.8 Å². The lowest BCUT2D eigenvalue weighted by Crippen LogP contribution is -2.50. The Labute approximate surface area is 232 Å². The quantitative estimate of drug-likeness (QED) is 0.584. The molecule has 1 aromatic carbocycles. The Hall–Kier alpha value is -4.15. The maximum Gasteiger partial charge on any atom is 0.410 e. The van der Waals surface area contributed by atoms with Crippen LogP contribution in [0.1, 0.15) is 67.2 Å². The van der Waals surface area contributed by atoms with Gasteiger partial charge in [0.2, 0.25) is 0 Å². The molecule has 5 rings (SSSR count). The molecule has 1 saturated heterocycles. The van der Waals surface area contributed by atoms with Gasteiger partial charge in [-0.25, -0.2) is 19.2 Å². The van der Waals surface area contributed by atoms with Gasteiger partial charge in [-0.15, -0.1) is 0 Å². The van der Waals surface area contributed by atoms with E-state index < -0.39 is 17.3 Å². The van der Waals surface area contributed by atoms with Gasteiger partial charge in [0.25, 0.3) is 11.8 Å². The molecule has 2 fully saturated rings. The van der Waals surface area contributed by atoms with Crippen molar-refractivity contribution in [2.75, 3.05) is 19.6 Å². The lowest BCUT2D eigenvalue weighted by molar-refractivity contribution is 0.0142. The van der Waals surface area contributed by atoms with Crippen molar-refractivity contribution in [1.29, 1.82) is 0 Å². The first-order valence-corrected chi connectivity index (χ1v) is 13.5. The number of allylic oxidation sites excluding steroid dienone is 1. The molecule has 1 saturated carbocycles. The zero-order chi connectivity index (χ0) is 28.4. The Balaban J connectivity index is 1.23. The van der Waals surface area contributed by atoms with Gasteiger partial charge in [-0.2, -0.15) is 0 Å². The first-order valence-electron chi connectivity index (χ1n) is 13.5. The number of halogens is 1. The zero-order valence-corrected chi connectivity index (χ0v) is 22.9. The topological polar surface area (TPSA) is 117 Å². The van der Waals surface area contributed by atoms with Gasteiger partial charge in [0, 0.05) is 55.0 Å². The number of ether oxygens (including phenoxy) is 1. The number of hydrogen-bond donors (Lipinski definition) is 1. The fourth-order valence-electron chi connectivity index (χ4n) is 4.85. The number of amides is 3. The fourth-order valence-corrected chi connectivity index (χ4v) is 4.85. The number of hydrogen-bond acceptors (Lipinski definition) is 7. The first kappa shape index (κ1) is 27.4. The van der Waals surface area contributed by atoms with Crippen LogP contribution in [0.3, 0.4) is 0 Å². The molecule has 2 aliphatic heterocycles. The van der Waals surface area contributed by atoms with E-state index in [-0.39, 0.29) is 35.5 Å². The SMILES string of the molecule is CC(C)(C)OC(=O)N1CCC(N(C(=O)c2cnc(-c3ccc(C(=O)NC4=CC=NC4)c(F)c3)nc2)C2CC2)CC1. The van der Waals surface area contributed by atoms with Crippen molar-refractivity contribution < 1.29 is 23.5 Å². The monoisotopic (exact) mass is 548 g/mol. The summed E-state index contributed by atoms with van der Waals surface area (Å²) >= 11 is 0. The van der Waals surface area contributed by atoms with E-state index in [1.54, 1.807) is 23.3 Å². The smallest absolute Gasteiger partial charge is 0.410 e. The van der Waals surface area contributed by atoms with Gasteiger partial charge in [-0.1, -0.05) is 6.07 Å². The first-order chi connectivity index (χ1) is 19.1. The van der Waals surface area contributed by atoms with Gasteiger partial charge in [-0.3, -0.25) is 14.6 Å². The molecule has 1 aliphatic carbocycles. The van der Waals surface area contributed by atoms with Gasteiger partial charge in [-0.05, 0) is 64.7 Å². The average Bonchev–Trinajstić information content (AvgIpc) is 3.62. The van der Waals surface area contributed by atoms with Crippen LogP contribution >= 0.6 is 0 Å². The number of aliphatic imine (C=N–C) groups is 1. The van der Waals surface area contributed by atoms with E-state index in [1.165, 1.54) is 24.5 Å². The largest absolute Gasteiger partial charge is 0.444 e. The molecule has 0 radical (unpaired) electrons. The number of rotatable bonds is 6. The van der Waals surface area contributed by atoms with Crippen molar-refractivity contribution in [3.8, 4) is 11.4 Å². The van der Waals surface area contributed by atoms with Crippen molar-refractivity contribution in [3.05, 3.63) is 59.3 Å². The van der Waals surface area contributed by atoms with Gasteiger partial charge < -0.3 is 19.9 Å². The molecule has 10 nitrogen and oxygen atoms in total. The summed E-state index contributed by atoms with van der Waals surface area (Å²) < 4.78 is 20.3. The number of carbonyl (C=O) groups excluding carboxylic acids is 3. The van der Waals surface area contributed by atoms with Crippen LogP contribution in [0, 0.1) is 5.82 Å². The van der Waals surface area contributed by atoms with Gasteiger partial charge in [0.05, 0.1) is 17.7 Å². The fraction of sp³-hybridized carbons (Fsp3) is 0.448. The van der Waals surface area contributed by atoms with Crippen LogP contribution in [-0.2, 0) is 4.74 Å². The highest BCUT2D eigenvalue weighted by molar-refractivity contribution is 5.97. The molecule has 0 bridgehead atoms. The number of carbonyl (C=O) groups is 3. The highest BCUT2D eigenvalue weighted by atomic mass is 19.1. The lowest BCUT2D eigenvalue weighted by Gasteiger charge is -2.39. The van der Waals surface area contributed by atoms with Crippen LogP contribution in [-0.4, -0.2) is 81.2 Å². The number of piperidine rings is 1. The van der Waals surface area contributed by atoms with E-state index >= 15 is 0 Å². The minimum Gasteiger partial charge on any atom is -0.444 e. The minimum atomic E-state index is -0.698. The molecule has 40 heavy (non-hydrogen) atoms. The average molecular weight is 549 g/mol. The van der Waals surface area contributed by atoms with Crippen molar-refractivity contribution in [2.24, 2.45) is 4.99 Å². The Morgan fingerprint density at radius 3 is 2.30 bits per heavy atom. The third-order valence-corrected chi connectivity index (χ3v) is 6.97. The molecule has 11 heteroatoms. The zero-order valence-electron chi connectivity index (χ0n) is 22.9. The molecule has 0 spiro atoms. The van der Waals surface area contributed by atoms with Crippen LogP contribution in [0.25, 0.3) is 11.4 Å². The number of benzene rings is 1. The Morgan fingerprint density at radius 2 is 1.73 bits per heavy atom. The summed E-state index contributed by atoms with van der Waals surface area (Å²) in [6, 6.07) is 4.35. The predicted molar refractivity (Wildman–Crippen MR) is 146 cm³/mol. The maximum absolute atomic E-state index is 14.8. The summed E-state index contributed by atoms with van der Waals surface area (Å²) in [4.78, 5) is 54.6. The van der Waals surface area contributed by atoms with Crippen molar-refractivity contribution in [1.82, 2.24) is 25.1 Å². The Bertz CT molecular complexity index is 1360. The van der Waals surface area contributed by atoms with Crippen molar-refractivity contribution in [2.45, 2.75) is 64.1 Å². The summed E-state index contributed by atoms with van der Waals surface area (Å²) in [5, 5.41) is 2.64. The second-order valence-electron chi connectivity index (χ2n) is 11.3. The van der Waals surface area contributed by atoms with Crippen LogP contribution in [0.15, 0.2) is 47.4 Å². The van der Waals surface area contributed by atoms with Gasteiger partial charge in [0.15, 0.2) is 5.82 Å². The third kappa shape index (κ3) is 6.35. The van der Waals surface area contributed by atoms with Crippen LogP contribution < -0.4 is 5.32 Å². The second kappa shape index (κ2) is 11.1. The highest BCUT2D eigenvalue weighted by Crippen LogP contribution is 2.33. The second-order valence-corrected chi connectivity index (χ2v) is 11.3. The summed E-state index contributed by atoms with van der Waals surface area (Å²) in [5.74, 6) is -1.15. The maximum atomic E-state index is 14.8. The van der Waals surface area contributed by atoms with E-state index in [0.29, 0.717) is 49.3 Å². The van der Waals surface area contributed by atoms with Crippen LogP contribution in [0.4, 0.5) is 9.18 Å². The molecule has 3 amide bonds. The number of nitrogens with zero attached hydrogens (tertiary/aromatic N) is 5. The van der Waals surface area contributed by atoms with Gasteiger partial charge in [0.1, 0.15) is 11.4 Å². The highest BCUT2D eigenvalue weighted by Gasteiger charge is 2.40. The number of aromatic nitrogens is 2. The lowest BCUT2D eigenvalue weighted by atomic mass is 10.0. The molecule has 1 aromatic heterocycles. The third-order valence-electron chi connectivity index (χ3n) is 6.97. The molecule has 2 aromatic rings. The predicted octanol–water partition coefficient (Wildman–Crippen LogP) is 3.98. The van der Waals surface area contributed by atoms with Crippen LogP contribution in [0.2, 0.25) is 0 Å². The van der Waals surface area contributed by atoms with E-state index in [9.17, 15) is 18.8 Å². The number of nitrogens with one attached hydrogen (secondary N) is 1. The van der Waals surface area contributed by atoms with E-state index in [2.05, 4.69) is 20.3 Å². The molecule has 3 heterocycles. The molecule has 1 N–H and O–H groups in total. The summed E-state index contributed by atoms with van der Waals surface area (Å²) in [6.45, 7) is 6.93. The molecule has 3 aliphatic rings. The normalized spacial score (nSPS) is 17.4. The summed E-state index contributed by atoms with van der Waals surface area (Å²) in [7, 11) is 0. The molecule has 0 unspecified atom stereocenters. The van der Waals surface area contributed by atoms with Crippen molar-refractivity contribution >= 4 is 24.1 Å². The minimum absolute atomic E-state index is 0.0118. The molecular formula is C29H33FN6O4. The molecule has 0 atom stereocenters.